The molecule has 5 heteroatoms. The molecule has 0 unspecified atom stereocenters. The van der Waals surface area contributed by atoms with E-state index >= 15 is 0 Å². The van der Waals surface area contributed by atoms with Crippen LogP contribution >= 0.6 is 0 Å². The fourth-order valence-corrected chi connectivity index (χ4v) is 1.52. The lowest BCUT2D eigenvalue weighted by atomic mass is 10.1. The molecule has 0 bridgehead atoms. The van der Waals surface area contributed by atoms with Crippen molar-refractivity contribution in [1.29, 1.82) is 0 Å². The number of hydrogen-bond acceptors (Lipinski definition) is 4. The van der Waals surface area contributed by atoms with E-state index in [1.165, 1.54) is 0 Å². The van der Waals surface area contributed by atoms with Crippen molar-refractivity contribution in [3.8, 4) is 6.01 Å². The van der Waals surface area contributed by atoms with Gasteiger partial charge in [0.1, 0.15) is 6.61 Å². The van der Waals surface area contributed by atoms with Crippen molar-refractivity contribution in [2.75, 3.05) is 19.0 Å². The normalized spacial score (nSPS) is 14.4. The van der Waals surface area contributed by atoms with Crippen LogP contribution in [0.3, 0.4) is 0 Å². The molecular formula is C12H14FN3O. The Hall–Kier alpha value is -1.91. The van der Waals surface area contributed by atoms with E-state index in [4.69, 9.17) is 4.74 Å². The molecule has 1 heterocycles. The lowest BCUT2D eigenvalue weighted by Crippen LogP contribution is -2.06. The van der Waals surface area contributed by atoms with Gasteiger partial charge in [-0.2, -0.15) is 4.98 Å². The summed E-state index contributed by atoms with van der Waals surface area (Å²) in [6, 6.07) is 0.177. The van der Waals surface area contributed by atoms with Gasteiger partial charge in [0.15, 0.2) is 11.6 Å². The maximum atomic E-state index is 13.1. The zero-order valence-corrected chi connectivity index (χ0v) is 9.61. The second-order valence-electron chi connectivity index (χ2n) is 3.65. The Labute approximate surface area is 99.2 Å². The first kappa shape index (κ1) is 11.6. The molecule has 0 fully saturated rings. The van der Waals surface area contributed by atoms with E-state index < -0.39 is 5.82 Å². The number of allylic oxidation sites excluding steroid dienone is 2. The molecule has 0 saturated heterocycles. The SMILES string of the molecule is CNc1nc(OCC2=CCCC=C2)ncc1F. The smallest absolute Gasteiger partial charge is 0.318 e. The van der Waals surface area contributed by atoms with Crippen LogP contribution in [0.5, 0.6) is 6.01 Å². The minimum atomic E-state index is -0.489. The topological polar surface area (TPSA) is 47.0 Å². The van der Waals surface area contributed by atoms with Crippen molar-refractivity contribution >= 4 is 5.82 Å². The molecule has 1 aliphatic rings. The number of hydrogen-bond donors (Lipinski definition) is 1. The van der Waals surface area contributed by atoms with Gasteiger partial charge >= 0.3 is 6.01 Å². The van der Waals surface area contributed by atoms with E-state index in [0.29, 0.717) is 6.61 Å². The van der Waals surface area contributed by atoms with E-state index in [1.807, 2.05) is 6.08 Å². The highest BCUT2D eigenvalue weighted by Gasteiger charge is 2.06. The molecule has 0 amide bonds. The van der Waals surface area contributed by atoms with Gasteiger partial charge in [0.05, 0.1) is 6.20 Å². The van der Waals surface area contributed by atoms with Gasteiger partial charge in [-0.3, -0.25) is 0 Å². The highest BCUT2D eigenvalue weighted by atomic mass is 19.1. The van der Waals surface area contributed by atoms with Crippen molar-refractivity contribution < 1.29 is 9.13 Å². The summed E-state index contributed by atoms with van der Waals surface area (Å²) in [7, 11) is 1.60. The molecule has 0 spiro atoms. The Kier molecular flexibility index (Phi) is 3.69. The van der Waals surface area contributed by atoms with Crippen LogP contribution in [0.2, 0.25) is 0 Å². The number of aromatic nitrogens is 2. The first-order valence-electron chi connectivity index (χ1n) is 5.48. The fourth-order valence-electron chi connectivity index (χ4n) is 1.52. The van der Waals surface area contributed by atoms with Crippen molar-refractivity contribution in [3.63, 3.8) is 0 Å². The van der Waals surface area contributed by atoms with Crippen LogP contribution in [-0.4, -0.2) is 23.6 Å². The third kappa shape index (κ3) is 3.03. The largest absolute Gasteiger partial charge is 0.459 e. The lowest BCUT2D eigenvalue weighted by molar-refractivity contribution is 0.324. The molecule has 0 atom stereocenters. The van der Waals surface area contributed by atoms with Crippen LogP contribution in [0.4, 0.5) is 10.2 Å². The summed E-state index contributed by atoms with van der Waals surface area (Å²) in [6.07, 6.45) is 9.43. The maximum Gasteiger partial charge on any atom is 0.318 e. The lowest BCUT2D eigenvalue weighted by Gasteiger charge is -2.09. The van der Waals surface area contributed by atoms with E-state index in [-0.39, 0.29) is 11.8 Å². The van der Waals surface area contributed by atoms with E-state index in [1.54, 1.807) is 7.05 Å². The molecule has 0 aliphatic heterocycles. The fraction of sp³-hybridized carbons (Fsp3) is 0.333. The Bertz CT molecular complexity index is 457. The Morgan fingerprint density at radius 3 is 3.06 bits per heavy atom. The molecule has 90 valence electrons. The highest BCUT2D eigenvalue weighted by molar-refractivity contribution is 5.35. The number of ether oxygens (including phenoxy) is 1. The molecular weight excluding hydrogens is 221 g/mol. The van der Waals surface area contributed by atoms with Crippen molar-refractivity contribution in [2.24, 2.45) is 0 Å². The average molecular weight is 235 g/mol. The quantitative estimate of drug-likeness (QED) is 0.870. The predicted molar refractivity (Wildman–Crippen MR) is 63.5 cm³/mol. The summed E-state index contributed by atoms with van der Waals surface area (Å²) in [5.74, 6) is -0.347. The summed E-state index contributed by atoms with van der Waals surface area (Å²) in [6.45, 7) is 0.408. The minimum Gasteiger partial charge on any atom is -0.459 e. The van der Waals surface area contributed by atoms with Crippen LogP contribution in [0, 0.1) is 5.82 Å². The molecule has 2 rings (SSSR count). The third-order valence-electron chi connectivity index (χ3n) is 2.40. The molecule has 0 radical (unpaired) electrons. The van der Waals surface area contributed by atoms with Crippen LogP contribution in [0.1, 0.15) is 12.8 Å². The summed E-state index contributed by atoms with van der Waals surface area (Å²) in [4.78, 5) is 7.68. The maximum absolute atomic E-state index is 13.1. The predicted octanol–water partition coefficient (Wildman–Crippen LogP) is 2.31. The summed E-state index contributed by atoms with van der Waals surface area (Å²) in [5, 5.41) is 2.64. The van der Waals surface area contributed by atoms with Gasteiger partial charge in [0, 0.05) is 7.05 Å². The van der Waals surface area contributed by atoms with Crippen LogP contribution in [-0.2, 0) is 0 Å². The Balaban J connectivity index is 1.99. The van der Waals surface area contributed by atoms with Gasteiger partial charge in [-0.25, -0.2) is 9.37 Å². The van der Waals surface area contributed by atoms with Gasteiger partial charge in [-0.05, 0) is 18.4 Å². The van der Waals surface area contributed by atoms with Gasteiger partial charge in [0.2, 0.25) is 0 Å². The van der Waals surface area contributed by atoms with Crippen LogP contribution in [0.15, 0.2) is 30.0 Å². The second kappa shape index (κ2) is 5.43. The molecule has 1 aliphatic carbocycles. The van der Waals surface area contributed by atoms with E-state index in [0.717, 1.165) is 24.6 Å². The Morgan fingerprint density at radius 2 is 2.35 bits per heavy atom. The summed E-state index contributed by atoms with van der Waals surface area (Å²) < 4.78 is 18.5. The summed E-state index contributed by atoms with van der Waals surface area (Å²) in [5.41, 5.74) is 1.09. The summed E-state index contributed by atoms with van der Waals surface area (Å²) >= 11 is 0. The average Bonchev–Trinajstić information content (AvgIpc) is 2.39. The molecule has 1 aromatic rings. The van der Waals surface area contributed by atoms with Crippen molar-refractivity contribution in [2.45, 2.75) is 12.8 Å². The first-order chi connectivity index (χ1) is 8.29. The van der Waals surface area contributed by atoms with Gasteiger partial charge in [-0.1, -0.05) is 18.2 Å². The first-order valence-corrected chi connectivity index (χ1v) is 5.48. The zero-order chi connectivity index (χ0) is 12.1. The molecule has 4 nitrogen and oxygen atoms in total. The van der Waals surface area contributed by atoms with Gasteiger partial charge in [0.25, 0.3) is 0 Å². The molecule has 1 aromatic heterocycles. The molecule has 0 saturated carbocycles. The number of anilines is 1. The second-order valence-corrected chi connectivity index (χ2v) is 3.65. The third-order valence-corrected chi connectivity index (χ3v) is 2.40. The monoisotopic (exact) mass is 235 g/mol. The van der Waals surface area contributed by atoms with Crippen molar-refractivity contribution in [3.05, 3.63) is 35.8 Å². The van der Waals surface area contributed by atoms with Crippen LogP contribution in [0.25, 0.3) is 0 Å². The number of nitrogens with zero attached hydrogens (tertiary/aromatic N) is 2. The van der Waals surface area contributed by atoms with Gasteiger partial charge < -0.3 is 10.1 Å². The van der Waals surface area contributed by atoms with Gasteiger partial charge in [-0.15, -0.1) is 0 Å². The van der Waals surface area contributed by atoms with E-state index in [9.17, 15) is 4.39 Å². The van der Waals surface area contributed by atoms with Crippen molar-refractivity contribution in [1.82, 2.24) is 9.97 Å². The van der Waals surface area contributed by atoms with Crippen LogP contribution < -0.4 is 10.1 Å². The number of halogens is 1. The number of rotatable bonds is 4. The molecule has 0 aromatic carbocycles. The standard InChI is InChI=1S/C12H14FN3O/c1-14-11-10(13)7-15-12(16-11)17-8-9-5-3-2-4-6-9/h3,5-7H,2,4,8H2,1H3,(H,14,15,16). The molecule has 17 heavy (non-hydrogen) atoms. The highest BCUT2D eigenvalue weighted by Crippen LogP contribution is 2.14. The molecule has 1 N–H and O–H groups in total. The number of nitrogens with one attached hydrogen (secondary N) is 1. The Morgan fingerprint density at radius 1 is 1.47 bits per heavy atom. The van der Waals surface area contributed by atoms with E-state index in [2.05, 4.69) is 27.4 Å². The minimum absolute atomic E-state index is 0.142. The zero-order valence-electron chi connectivity index (χ0n) is 9.61.